The van der Waals surface area contributed by atoms with Crippen molar-refractivity contribution in [1.82, 2.24) is 10.3 Å². The molecule has 0 fully saturated rings. The average molecular weight is 592 g/mol. The van der Waals surface area contributed by atoms with Gasteiger partial charge < -0.3 is 24.8 Å². The summed E-state index contributed by atoms with van der Waals surface area (Å²) in [6, 6.07) is 17.2. The molecule has 0 saturated heterocycles. The molecule has 0 saturated carbocycles. The Labute approximate surface area is 233 Å². The fraction of sp³-hybridized carbons (Fsp3) is 0.172. The van der Waals surface area contributed by atoms with Crippen molar-refractivity contribution in [1.29, 1.82) is 0 Å². The molecular weight excluding hydrogens is 566 g/mol. The molecular formula is C29H26BrN3O6. The summed E-state index contributed by atoms with van der Waals surface area (Å²) in [5, 5.41) is 5.98. The van der Waals surface area contributed by atoms with Crippen LogP contribution in [-0.4, -0.2) is 50.5 Å². The highest BCUT2D eigenvalue weighted by Gasteiger charge is 2.19. The van der Waals surface area contributed by atoms with Gasteiger partial charge in [-0.3, -0.25) is 14.4 Å². The lowest BCUT2D eigenvalue weighted by Crippen LogP contribution is -2.33. The number of fused-ring (bicyclic) bond motifs is 1. The molecule has 2 amide bonds. The molecule has 0 aliphatic carbocycles. The molecule has 3 aromatic carbocycles. The number of pyridine rings is 1. The first-order valence-electron chi connectivity index (χ1n) is 11.8. The molecule has 9 nitrogen and oxygen atoms in total. The van der Waals surface area contributed by atoms with Crippen molar-refractivity contribution in [2.24, 2.45) is 0 Å². The molecule has 0 unspecified atom stereocenters. The van der Waals surface area contributed by atoms with E-state index in [9.17, 15) is 14.4 Å². The second-order valence-electron chi connectivity index (χ2n) is 8.50. The zero-order chi connectivity index (χ0) is 28.1. The topological polar surface area (TPSA) is 116 Å². The van der Waals surface area contributed by atoms with Gasteiger partial charge in [-0.2, -0.15) is 0 Å². The molecule has 0 aliphatic rings. The predicted molar refractivity (Wildman–Crippen MR) is 152 cm³/mol. The van der Waals surface area contributed by atoms with E-state index in [-0.39, 0.29) is 12.3 Å². The molecule has 0 aliphatic heterocycles. The Morgan fingerprint density at radius 2 is 1.62 bits per heavy atom. The van der Waals surface area contributed by atoms with Crippen LogP contribution in [0.1, 0.15) is 27.6 Å². The van der Waals surface area contributed by atoms with Crippen LogP contribution in [0.15, 0.2) is 65.1 Å². The van der Waals surface area contributed by atoms with E-state index in [0.717, 1.165) is 4.47 Å². The average Bonchev–Trinajstić information content (AvgIpc) is 2.94. The molecule has 39 heavy (non-hydrogen) atoms. The lowest BCUT2D eigenvalue weighted by Gasteiger charge is -2.15. The summed E-state index contributed by atoms with van der Waals surface area (Å²) < 4.78 is 17.1. The number of nitrogens with one attached hydrogen (secondary N) is 2. The number of carbonyl (C=O) groups excluding carboxylic acids is 3. The molecule has 4 rings (SSSR count). The van der Waals surface area contributed by atoms with Gasteiger partial charge in [0, 0.05) is 26.7 Å². The summed E-state index contributed by atoms with van der Waals surface area (Å²) in [5.74, 6) is 0.321. The predicted octanol–water partition coefficient (Wildman–Crippen LogP) is 5.26. The number of anilines is 1. The molecule has 0 atom stereocenters. The zero-order valence-electron chi connectivity index (χ0n) is 21.8. The van der Waals surface area contributed by atoms with Crippen molar-refractivity contribution in [3.05, 3.63) is 76.3 Å². The first kappa shape index (κ1) is 27.6. The highest BCUT2D eigenvalue weighted by Crippen LogP contribution is 2.41. The fourth-order valence-electron chi connectivity index (χ4n) is 4.04. The molecule has 10 heteroatoms. The van der Waals surface area contributed by atoms with E-state index in [0.29, 0.717) is 56.2 Å². The van der Waals surface area contributed by atoms with Crippen LogP contribution in [0.4, 0.5) is 5.69 Å². The molecule has 0 bridgehead atoms. The number of halogens is 1. The lowest BCUT2D eigenvalue weighted by atomic mass is 10.0. The van der Waals surface area contributed by atoms with Crippen LogP contribution in [0.3, 0.4) is 0 Å². The van der Waals surface area contributed by atoms with Gasteiger partial charge in [0.2, 0.25) is 11.7 Å². The Balaban J connectivity index is 1.65. The van der Waals surface area contributed by atoms with Gasteiger partial charge >= 0.3 is 0 Å². The maximum atomic E-state index is 13.4. The Kier molecular flexibility index (Phi) is 8.46. The number of carbonyl (C=O) groups is 3. The highest BCUT2D eigenvalue weighted by molar-refractivity contribution is 9.10. The number of rotatable bonds is 9. The Morgan fingerprint density at radius 1 is 0.897 bits per heavy atom. The Hall–Kier alpha value is -4.44. The first-order valence-corrected chi connectivity index (χ1v) is 12.6. The number of hydrogen-bond acceptors (Lipinski definition) is 7. The Bertz CT molecular complexity index is 1560. The smallest absolute Gasteiger partial charge is 0.252 e. The molecule has 200 valence electrons. The summed E-state index contributed by atoms with van der Waals surface area (Å²) in [6.45, 7) is 1.17. The number of amides is 2. The standard InChI is InChI=1S/C29H26BrN3O6/c1-16(34)17-6-5-7-20(10-17)32-27(35)15-31-29(36)22-14-24(33-23-9-8-19(30)13-21(22)23)18-11-25(37-2)28(39-4)26(12-18)38-3/h5-14H,15H2,1-4H3,(H,31,36)(H,32,35). The van der Waals surface area contributed by atoms with Crippen LogP contribution in [0.5, 0.6) is 17.2 Å². The van der Waals surface area contributed by atoms with E-state index < -0.39 is 11.8 Å². The van der Waals surface area contributed by atoms with Crippen molar-refractivity contribution in [2.75, 3.05) is 33.2 Å². The fourth-order valence-corrected chi connectivity index (χ4v) is 4.40. The van der Waals surface area contributed by atoms with Crippen molar-refractivity contribution in [3.63, 3.8) is 0 Å². The van der Waals surface area contributed by atoms with E-state index in [1.807, 2.05) is 6.07 Å². The maximum absolute atomic E-state index is 13.4. The third-order valence-corrected chi connectivity index (χ3v) is 6.43. The van der Waals surface area contributed by atoms with Crippen molar-refractivity contribution < 1.29 is 28.6 Å². The summed E-state index contributed by atoms with van der Waals surface area (Å²) in [5.41, 5.74) is 3.00. The minimum Gasteiger partial charge on any atom is -0.493 e. The largest absolute Gasteiger partial charge is 0.493 e. The number of benzene rings is 3. The Morgan fingerprint density at radius 3 is 2.26 bits per heavy atom. The van der Waals surface area contributed by atoms with Crippen molar-refractivity contribution >= 4 is 50.1 Å². The third-order valence-electron chi connectivity index (χ3n) is 5.94. The van der Waals surface area contributed by atoms with Gasteiger partial charge in [-0.25, -0.2) is 4.98 Å². The number of ketones is 1. The van der Waals surface area contributed by atoms with Crippen LogP contribution in [0, 0.1) is 0 Å². The minimum absolute atomic E-state index is 0.113. The van der Waals surface area contributed by atoms with E-state index >= 15 is 0 Å². The number of hydrogen-bond donors (Lipinski definition) is 2. The molecule has 0 spiro atoms. The van der Waals surface area contributed by atoms with E-state index in [1.165, 1.54) is 28.3 Å². The van der Waals surface area contributed by atoms with Gasteiger partial charge in [0.1, 0.15) is 0 Å². The summed E-state index contributed by atoms with van der Waals surface area (Å²) in [6.07, 6.45) is 0. The summed E-state index contributed by atoms with van der Waals surface area (Å²) >= 11 is 3.45. The highest BCUT2D eigenvalue weighted by atomic mass is 79.9. The zero-order valence-corrected chi connectivity index (χ0v) is 23.3. The molecule has 2 N–H and O–H groups in total. The van der Waals surface area contributed by atoms with Gasteiger partial charge in [0.05, 0.1) is 44.6 Å². The van der Waals surface area contributed by atoms with Gasteiger partial charge in [-0.1, -0.05) is 28.1 Å². The molecule has 4 aromatic rings. The van der Waals surface area contributed by atoms with Crippen molar-refractivity contribution in [3.8, 4) is 28.5 Å². The summed E-state index contributed by atoms with van der Waals surface area (Å²) in [4.78, 5) is 42.3. The summed E-state index contributed by atoms with van der Waals surface area (Å²) in [7, 11) is 4.56. The van der Waals surface area contributed by atoms with Gasteiger partial charge in [-0.15, -0.1) is 0 Å². The molecule has 1 heterocycles. The van der Waals surface area contributed by atoms with Crippen LogP contribution < -0.4 is 24.8 Å². The first-order chi connectivity index (χ1) is 18.7. The van der Waals surface area contributed by atoms with E-state index in [2.05, 4.69) is 26.6 Å². The number of nitrogens with zero attached hydrogens (tertiary/aromatic N) is 1. The van der Waals surface area contributed by atoms with Gasteiger partial charge in [0.25, 0.3) is 5.91 Å². The van der Waals surface area contributed by atoms with Crippen LogP contribution in [0.2, 0.25) is 0 Å². The number of Topliss-reactive ketones (excluding diaryl/α,β-unsaturated/α-hetero) is 1. The third kappa shape index (κ3) is 6.18. The number of methoxy groups -OCH3 is 3. The molecule has 1 aromatic heterocycles. The van der Waals surface area contributed by atoms with Crippen LogP contribution >= 0.6 is 15.9 Å². The lowest BCUT2D eigenvalue weighted by molar-refractivity contribution is -0.115. The normalized spacial score (nSPS) is 10.6. The van der Waals surface area contributed by atoms with Gasteiger partial charge in [-0.05, 0) is 55.5 Å². The van der Waals surface area contributed by atoms with Gasteiger partial charge in [0.15, 0.2) is 17.3 Å². The van der Waals surface area contributed by atoms with Crippen LogP contribution in [0.25, 0.3) is 22.2 Å². The van der Waals surface area contributed by atoms with E-state index in [1.54, 1.807) is 54.6 Å². The second kappa shape index (κ2) is 12.0. The van der Waals surface area contributed by atoms with Crippen molar-refractivity contribution in [2.45, 2.75) is 6.92 Å². The number of aromatic nitrogens is 1. The SMILES string of the molecule is COc1cc(-c2cc(C(=O)NCC(=O)Nc3cccc(C(C)=O)c3)c3cc(Br)ccc3n2)cc(OC)c1OC. The maximum Gasteiger partial charge on any atom is 0.252 e. The monoisotopic (exact) mass is 591 g/mol. The number of ether oxygens (including phenoxy) is 3. The second-order valence-corrected chi connectivity index (χ2v) is 9.41. The van der Waals surface area contributed by atoms with Crippen LogP contribution in [-0.2, 0) is 4.79 Å². The quantitative estimate of drug-likeness (QED) is 0.255. The van der Waals surface area contributed by atoms with E-state index in [4.69, 9.17) is 19.2 Å². The molecule has 0 radical (unpaired) electrons. The minimum atomic E-state index is -0.457.